The molecule has 1 N–H and O–H groups in total. The van der Waals surface area contributed by atoms with Crippen LogP contribution >= 0.6 is 35.6 Å². The molecular weight excluding hydrogens is 368 g/mol. The van der Waals surface area contributed by atoms with E-state index in [4.69, 9.17) is 28.6 Å². The van der Waals surface area contributed by atoms with Gasteiger partial charge in [0.25, 0.3) is 0 Å². The van der Waals surface area contributed by atoms with Crippen molar-refractivity contribution in [1.82, 2.24) is 4.90 Å². The highest BCUT2D eigenvalue weighted by molar-refractivity contribution is 8.23. The van der Waals surface area contributed by atoms with Gasteiger partial charge in [-0.1, -0.05) is 42.0 Å². The van der Waals surface area contributed by atoms with Gasteiger partial charge in [0.05, 0.1) is 17.9 Å². The molecule has 1 fully saturated rings. The number of carbonyl (C=O) groups excluding carboxylic acids is 2. The first-order valence-corrected chi connectivity index (χ1v) is 9.39. The minimum atomic E-state index is -0.0560. The Morgan fingerprint density at radius 2 is 2.21 bits per heavy atom. The molecule has 0 aromatic heterocycles. The number of carbonyl (C=O) groups is 2. The number of thioether (sulfide) groups is 1. The van der Waals surface area contributed by atoms with Crippen molar-refractivity contribution in [3.05, 3.63) is 23.2 Å². The van der Waals surface area contributed by atoms with Crippen molar-refractivity contribution in [1.29, 1.82) is 0 Å². The molecule has 0 bridgehead atoms. The van der Waals surface area contributed by atoms with Gasteiger partial charge in [0, 0.05) is 18.7 Å². The molecule has 0 unspecified atom stereocenters. The van der Waals surface area contributed by atoms with Crippen molar-refractivity contribution in [2.45, 2.75) is 25.7 Å². The third kappa shape index (κ3) is 5.36. The zero-order valence-electron chi connectivity index (χ0n) is 13.3. The van der Waals surface area contributed by atoms with Crippen molar-refractivity contribution in [3.63, 3.8) is 0 Å². The maximum atomic E-state index is 11.9. The number of unbranched alkanes of at least 4 members (excludes halogenated alkanes) is 2. The normalized spacial score (nSPS) is 14.2. The Balaban J connectivity index is 1.65. The first-order valence-electron chi connectivity index (χ1n) is 7.62. The van der Waals surface area contributed by atoms with Gasteiger partial charge in [0.15, 0.2) is 0 Å². The van der Waals surface area contributed by atoms with Crippen LogP contribution in [0.25, 0.3) is 0 Å². The van der Waals surface area contributed by atoms with Gasteiger partial charge in [-0.05, 0) is 31.0 Å². The molecule has 2 amide bonds. The molecule has 2 rings (SSSR count). The number of amides is 2. The topological polar surface area (TPSA) is 58.6 Å². The Kier molecular flexibility index (Phi) is 7.33. The van der Waals surface area contributed by atoms with Crippen molar-refractivity contribution >= 4 is 57.4 Å². The van der Waals surface area contributed by atoms with Gasteiger partial charge in [-0.25, -0.2) is 0 Å². The van der Waals surface area contributed by atoms with Crippen LogP contribution in [0.3, 0.4) is 0 Å². The highest BCUT2D eigenvalue weighted by Crippen LogP contribution is 2.27. The molecule has 1 aromatic carbocycles. The lowest BCUT2D eigenvalue weighted by atomic mass is 10.1. The number of ether oxygens (including phenoxy) is 1. The molecule has 130 valence electrons. The number of thiocarbonyl (C=S) groups is 1. The molecule has 5 nitrogen and oxygen atoms in total. The molecule has 0 radical (unpaired) electrons. The molecule has 0 saturated carbocycles. The van der Waals surface area contributed by atoms with Crippen molar-refractivity contribution in [2.75, 3.05) is 24.7 Å². The number of hydrogen-bond donors (Lipinski definition) is 1. The molecule has 1 aliphatic heterocycles. The fraction of sp³-hybridized carbons (Fsp3) is 0.438. The zero-order valence-corrected chi connectivity index (χ0v) is 15.7. The number of halogens is 1. The van der Waals surface area contributed by atoms with E-state index in [1.165, 1.54) is 11.8 Å². The average molecular weight is 387 g/mol. The summed E-state index contributed by atoms with van der Waals surface area (Å²) in [4.78, 5) is 25.1. The van der Waals surface area contributed by atoms with Gasteiger partial charge < -0.3 is 10.1 Å². The van der Waals surface area contributed by atoms with Crippen LogP contribution < -0.4 is 10.1 Å². The van der Waals surface area contributed by atoms with Gasteiger partial charge in [-0.2, -0.15) is 0 Å². The lowest BCUT2D eigenvalue weighted by Gasteiger charge is -2.14. The second-order valence-electron chi connectivity index (χ2n) is 5.31. The fourth-order valence-electron chi connectivity index (χ4n) is 2.30. The van der Waals surface area contributed by atoms with Gasteiger partial charge in [-0.15, -0.1) is 0 Å². The van der Waals surface area contributed by atoms with E-state index >= 15 is 0 Å². The SMILES string of the molecule is COc1ccc(NC(=O)CCCCCN2C(=O)CSC2=S)cc1Cl. The third-order valence-corrected chi connectivity index (χ3v) is 5.29. The lowest BCUT2D eigenvalue weighted by molar-refractivity contribution is -0.124. The van der Waals surface area contributed by atoms with Crippen molar-refractivity contribution < 1.29 is 14.3 Å². The highest BCUT2D eigenvalue weighted by atomic mass is 35.5. The summed E-state index contributed by atoms with van der Waals surface area (Å²) in [5.74, 6) is 1.05. The largest absolute Gasteiger partial charge is 0.495 e. The molecule has 1 aromatic rings. The van der Waals surface area contributed by atoms with Crippen LogP contribution in [0.1, 0.15) is 25.7 Å². The predicted molar refractivity (Wildman–Crippen MR) is 102 cm³/mol. The third-order valence-electron chi connectivity index (χ3n) is 3.56. The van der Waals surface area contributed by atoms with E-state index in [0.29, 0.717) is 39.5 Å². The van der Waals surface area contributed by atoms with Crippen LogP contribution in [-0.2, 0) is 9.59 Å². The van der Waals surface area contributed by atoms with Gasteiger partial charge in [0.2, 0.25) is 11.8 Å². The molecule has 1 aliphatic rings. The minimum Gasteiger partial charge on any atom is -0.495 e. The Hall–Kier alpha value is -1.31. The minimum absolute atomic E-state index is 0.0560. The van der Waals surface area contributed by atoms with Gasteiger partial charge in [-0.3, -0.25) is 14.5 Å². The molecular formula is C16H19ClN2O3S2. The number of benzene rings is 1. The maximum absolute atomic E-state index is 11.9. The average Bonchev–Trinajstić information content (AvgIpc) is 2.86. The quantitative estimate of drug-likeness (QED) is 0.545. The number of nitrogens with one attached hydrogen (secondary N) is 1. The van der Waals surface area contributed by atoms with Gasteiger partial charge in [0.1, 0.15) is 10.1 Å². The van der Waals surface area contributed by atoms with Crippen molar-refractivity contribution in [2.24, 2.45) is 0 Å². The fourth-order valence-corrected chi connectivity index (χ4v) is 3.68. The number of anilines is 1. The summed E-state index contributed by atoms with van der Waals surface area (Å²) in [6.07, 6.45) is 2.90. The lowest BCUT2D eigenvalue weighted by Crippen LogP contribution is -2.29. The summed E-state index contributed by atoms with van der Waals surface area (Å²) < 4.78 is 5.73. The predicted octanol–water partition coefficient (Wildman–Crippen LogP) is 3.71. The van der Waals surface area contributed by atoms with Crippen LogP contribution in [0.5, 0.6) is 5.75 Å². The number of hydrogen-bond acceptors (Lipinski definition) is 5. The van der Waals surface area contributed by atoms with E-state index < -0.39 is 0 Å². The Morgan fingerprint density at radius 3 is 2.83 bits per heavy atom. The second kappa shape index (κ2) is 9.25. The van der Waals surface area contributed by atoms with Crippen LogP contribution in [0, 0.1) is 0 Å². The second-order valence-corrected chi connectivity index (χ2v) is 7.32. The molecule has 1 saturated heterocycles. The first kappa shape index (κ1) is 19.0. The summed E-state index contributed by atoms with van der Waals surface area (Å²) in [6.45, 7) is 0.639. The van der Waals surface area contributed by atoms with E-state index in [9.17, 15) is 9.59 Å². The van der Waals surface area contributed by atoms with E-state index in [2.05, 4.69) is 5.32 Å². The Labute approximate surface area is 156 Å². The van der Waals surface area contributed by atoms with E-state index in [-0.39, 0.29) is 11.8 Å². The Morgan fingerprint density at radius 1 is 1.42 bits per heavy atom. The molecule has 1 heterocycles. The van der Waals surface area contributed by atoms with Crippen molar-refractivity contribution in [3.8, 4) is 5.75 Å². The summed E-state index contributed by atoms with van der Waals surface area (Å²) in [6, 6.07) is 5.13. The molecule has 0 aliphatic carbocycles. The van der Waals surface area contributed by atoms with Crippen LogP contribution in [0.15, 0.2) is 18.2 Å². The van der Waals surface area contributed by atoms with E-state index in [1.807, 2.05) is 0 Å². The molecule has 8 heteroatoms. The van der Waals surface area contributed by atoms with Crippen LogP contribution in [0.4, 0.5) is 5.69 Å². The summed E-state index contributed by atoms with van der Waals surface area (Å²) in [5.41, 5.74) is 0.649. The maximum Gasteiger partial charge on any atom is 0.238 e. The standard InChI is InChI=1S/C16H19ClN2O3S2/c1-22-13-7-6-11(9-12(13)17)18-14(20)5-3-2-4-8-19-15(21)10-24-16(19)23/h6-7,9H,2-5,8,10H2,1H3,(H,18,20). The zero-order chi connectivity index (χ0) is 17.5. The van der Waals surface area contributed by atoms with Crippen LogP contribution in [-0.4, -0.2) is 40.4 Å². The van der Waals surface area contributed by atoms with E-state index in [0.717, 1.165) is 19.3 Å². The molecule has 0 spiro atoms. The van der Waals surface area contributed by atoms with E-state index in [1.54, 1.807) is 30.2 Å². The Bertz CT molecular complexity index is 624. The first-order chi connectivity index (χ1) is 11.5. The number of methoxy groups -OCH3 is 1. The number of nitrogens with zero attached hydrogens (tertiary/aromatic N) is 1. The molecule has 0 atom stereocenters. The summed E-state index contributed by atoms with van der Waals surface area (Å²) in [5, 5.41) is 3.27. The monoisotopic (exact) mass is 386 g/mol. The summed E-state index contributed by atoms with van der Waals surface area (Å²) >= 11 is 12.6. The molecule has 24 heavy (non-hydrogen) atoms. The highest BCUT2D eigenvalue weighted by Gasteiger charge is 2.25. The summed E-state index contributed by atoms with van der Waals surface area (Å²) in [7, 11) is 1.54. The number of rotatable bonds is 8. The van der Waals surface area contributed by atoms with Crippen LogP contribution in [0.2, 0.25) is 5.02 Å². The van der Waals surface area contributed by atoms with Gasteiger partial charge >= 0.3 is 0 Å². The smallest absolute Gasteiger partial charge is 0.238 e.